The minimum Gasteiger partial charge on any atom is -0.444 e. The van der Waals surface area contributed by atoms with Crippen LogP contribution in [0.2, 0.25) is 0 Å². The van der Waals surface area contributed by atoms with Gasteiger partial charge in [0, 0.05) is 36.0 Å². The number of alkyl halides is 3. The van der Waals surface area contributed by atoms with Crippen LogP contribution in [-0.2, 0) is 20.5 Å². The van der Waals surface area contributed by atoms with E-state index in [0.717, 1.165) is 43.4 Å². The Morgan fingerprint density at radius 3 is 2.12 bits per heavy atom. The van der Waals surface area contributed by atoms with Crippen molar-refractivity contribution in [3.8, 4) is 0 Å². The van der Waals surface area contributed by atoms with Crippen LogP contribution >= 0.6 is 11.8 Å². The predicted octanol–water partition coefficient (Wildman–Crippen LogP) is 8.76. The van der Waals surface area contributed by atoms with Gasteiger partial charge < -0.3 is 24.5 Å². The summed E-state index contributed by atoms with van der Waals surface area (Å²) in [6.45, 7) is 11.1. The first kappa shape index (κ1) is 37.2. The van der Waals surface area contributed by atoms with E-state index in [1.807, 2.05) is 18.2 Å². The lowest BCUT2D eigenvalue weighted by Crippen LogP contribution is -2.43. The number of nitrogens with one attached hydrogen (secondary N) is 2. The normalized spacial score (nSPS) is 15.0. The molecule has 1 fully saturated rings. The molecule has 1 saturated carbocycles. The fourth-order valence-electron chi connectivity index (χ4n) is 5.44. The zero-order valence-corrected chi connectivity index (χ0v) is 29.1. The fourth-order valence-corrected chi connectivity index (χ4v) is 6.59. The van der Waals surface area contributed by atoms with Crippen LogP contribution in [0.4, 0.5) is 38.9 Å². The molecule has 4 rings (SSSR count). The van der Waals surface area contributed by atoms with Gasteiger partial charge in [-0.15, -0.1) is 0 Å². The van der Waals surface area contributed by atoms with E-state index in [-0.39, 0.29) is 31.9 Å². The monoisotopic (exact) mass is 694 g/mol. The Bertz CT molecular complexity index is 1470. The third kappa shape index (κ3) is 10.4. The van der Waals surface area contributed by atoms with Crippen LogP contribution in [0, 0.1) is 0 Å². The Hall–Kier alpha value is -3.65. The number of hydrogen-bond acceptors (Lipinski definition) is 8. The van der Waals surface area contributed by atoms with E-state index in [4.69, 9.17) is 14.3 Å². The van der Waals surface area contributed by atoms with E-state index in [2.05, 4.69) is 10.8 Å². The van der Waals surface area contributed by atoms with E-state index >= 15 is 0 Å². The first-order chi connectivity index (χ1) is 22.4. The molecule has 1 aliphatic heterocycles. The lowest BCUT2D eigenvalue weighted by molar-refractivity contribution is -0.137. The van der Waals surface area contributed by atoms with E-state index in [1.54, 1.807) is 41.5 Å². The number of hydrogen-bond donors (Lipinski definition) is 2. The van der Waals surface area contributed by atoms with E-state index in [9.17, 15) is 27.6 Å². The number of rotatable bonds is 9. The van der Waals surface area contributed by atoms with E-state index in [1.165, 1.54) is 27.6 Å². The Kier molecular flexibility index (Phi) is 11.8. The number of hydroxylamine groups is 1. The molecular formula is C34H45F3N4O6S. The Morgan fingerprint density at radius 1 is 0.875 bits per heavy atom. The molecule has 0 bridgehead atoms. The zero-order valence-electron chi connectivity index (χ0n) is 28.3. The molecule has 0 unspecified atom stereocenters. The van der Waals surface area contributed by atoms with Gasteiger partial charge in [0.15, 0.2) is 0 Å². The van der Waals surface area contributed by atoms with Crippen molar-refractivity contribution < 1.29 is 41.9 Å². The smallest absolute Gasteiger partial charge is 0.437 e. The highest BCUT2D eigenvalue weighted by atomic mass is 32.2. The molecule has 1 aliphatic carbocycles. The van der Waals surface area contributed by atoms with Crippen LogP contribution in [0.25, 0.3) is 0 Å². The van der Waals surface area contributed by atoms with Gasteiger partial charge in [0.2, 0.25) is 0 Å². The molecule has 2 aromatic rings. The standard InChI is InChI=1S/C34H45F3N4O6S/c1-32(2,3)45-29(42)38-17-19-40(30(43)46-33(4,5)6)18-9-16-39-47-31(44)41-25-14-12-23(22-10-7-8-11-22)20-27(25)48-28-21-24(34(35,36)37)13-15-26(28)41/h12-15,20-22,39H,7-11,16-19H2,1-6H3,(H,38,42). The summed E-state index contributed by atoms with van der Waals surface area (Å²) in [6.07, 6.45) is -1.79. The number of benzene rings is 2. The largest absolute Gasteiger partial charge is 0.444 e. The number of ether oxygens (including phenoxy) is 2. The van der Waals surface area contributed by atoms with Crippen LogP contribution in [0.1, 0.15) is 90.7 Å². The van der Waals surface area contributed by atoms with Gasteiger partial charge in [0.25, 0.3) is 0 Å². The summed E-state index contributed by atoms with van der Waals surface area (Å²) >= 11 is 1.21. The number of anilines is 2. The molecule has 2 aromatic carbocycles. The number of fused-ring (bicyclic) bond motifs is 2. The predicted molar refractivity (Wildman–Crippen MR) is 177 cm³/mol. The number of halogens is 3. The molecule has 3 amide bonds. The summed E-state index contributed by atoms with van der Waals surface area (Å²) in [4.78, 5) is 47.5. The SMILES string of the molecule is CC(C)(C)OC(=O)NCCN(CCCNOC(=O)N1c2ccc(C3CCCC3)cc2Sc2cc(C(F)(F)F)ccc21)C(=O)OC(C)(C)C. The Labute approximate surface area is 284 Å². The lowest BCUT2D eigenvalue weighted by Gasteiger charge is -2.31. The highest BCUT2D eigenvalue weighted by Gasteiger charge is 2.35. The Balaban J connectivity index is 1.41. The summed E-state index contributed by atoms with van der Waals surface area (Å²) < 4.78 is 51.5. The molecule has 264 valence electrons. The van der Waals surface area contributed by atoms with E-state index in [0.29, 0.717) is 27.8 Å². The van der Waals surface area contributed by atoms with Gasteiger partial charge >= 0.3 is 24.5 Å². The topological polar surface area (TPSA) is 109 Å². The number of amides is 3. The second-order valence-corrected chi connectivity index (χ2v) is 14.9. The first-order valence-electron chi connectivity index (χ1n) is 16.1. The Morgan fingerprint density at radius 2 is 1.50 bits per heavy atom. The molecule has 0 radical (unpaired) electrons. The molecule has 0 spiro atoms. The second kappa shape index (κ2) is 15.3. The van der Waals surface area contributed by atoms with Crippen molar-refractivity contribution in [3.05, 3.63) is 47.5 Å². The molecule has 2 aliphatic rings. The minimum atomic E-state index is -4.53. The molecular weight excluding hydrogens is 649 g/mol. The van der Waals surface area contributed by atoms with Gasteiger partial charge in [0.05, 0.1) is 16.9 Å². The fraction of sp³-hybridized carbons (Fsp3) is 0.559. The van der Waals surface area contributed by atoms with Crippen LogP contribution < -0.4 is 15.7 Å². The van der Waals surface area contributed by atoms with E-state index < -0.39 is 41.2 Å². The van der Waals surface area contributed by atoms with Crippen molar-refractivity contribution in [2.75, 3.05) is 31.1 Å². The van der Waals surface area contributed by atoms with Crippen molar-refractivity contribution in [3.63, 3.8) is 0 Å². The molecule has 0 atom stereocenters. The zero-order chi connectivity index (χ0) is 35.3. The van der Waals surface area contributed by atoms with Crippen molar-refractivity contribution >= 4 is 41.4 Å². The van der Waals surface area contributed by atoms with Crippen molar-refractivity contribution in [1.82, 2.24) is 15.7 Å². The van der Waals surface area contributed by atoms with Gasteiger partial charge in [0.1, 0.15) is 11.2 Å². The molecule has 2 N–H and O–H groups in total. The van der Waals surface area contributed by atoms with Gasteiger partial charge in [-0.1, -0.05) is 30.7 Å². The van der Waals surface area contributed by atoms with Gasteiger partial charge in [-0.05, 0) is 103 Å². The van der Waals surface area contributed by atoms with Gasteiger partial charge in [-0.2, -0.15) is 18.7 Å². The summed E-state index contributed by atoms with van der Waals surface area (Å²) in [5, 5.41) is 2.62. The number of nitrogens with zero attached hydrogens (tertiary/aromatic N) is 2. The lowest BCUT2D eigenvalue weighted by atomic mass is 9.97. The number of carbonyl (C=O) groups excluding carboxylic acids is 3. The molecule has 1 heterocycles. The quantitative estimate of drug-likeness (QED) is 0.152. The summed E-state index contributed by atoms with van der Waals surface area (Å²) in [7, 11) is 0. The van der Waals surface area contributed by atoms with Crippen molar-refractivity contribution in [2.24, 2.45) is 0 Å². The average molecular weight is 695 g/mol. The maximum absolute atomic E-state index is 13.6. The summed E-state index contributed by atoms with van der Waals surface area (Å²) in [5.74, 6) is 0.384. The number of carbonyl (C=O) groups is 3. The van der Waals surface area contributed by atoms with Crippen LogP contribution in [-0.4, -0.2) is 60.6 Å². The van der Waals surface area contributed by atoms with Crippen molar-refractivity contribution in [2.45, 2.75) is 107 Å². The third-order valence-electron chi connectivity index (χ3n) is 7.55. The molecule has 0 aromatic heterocycles. The molecule has 0 saturated heterocycles. The summed E-state index contributed by atoms with van der Waals surface area (Å²) in [6, 6.07) is 9.05. The molecule has 14 heteroatoms. The average Bonchev–Trinajstić information content (AvgIpc) is 3.51. The van der Waals surface area contributed by atoms with Gasteiger partial charge in [-0.3, -0.25) is 0 Å². The maximum Gasteiger partial charge on any atom is 0.437 e. The second-order valence-electron chi connectivity index (χ2n) is 13.8. The minimum absolute atomic E-state index is 0.126. The highest BCUT2D eigenvalue weighted by molar-refractivity contribution is 7.99. The maximum atomic E-state index is 13.6. The highest BCUT2D eigenvalue weighted by Crippen LogP contribution is 2.51. The van der Waals surface area contributed by atoms with Gasteiger partial charge in [-0.25, -0.2) is 19.3 Å². The summed E-state index contributed by atoms with van der Waals surface area (Å²) in [5.41, 5.74) is 2.35. The molecule has 10 nitrogen and oxygen atoms in total. The van der Waals surface area contributed by atoms with Crippen molar-refractivity contribution in [1.29, 1.82) is 0 Å². The number of alkyl carbamates (subject to hydrolysis) is 1. The van der Waals surface area contributed by atoms with Crippen LogP contribution in [0.5, 0.6) is 0 Å². The first-order valence-corrected chi connectivity index (χ1v) is 16.9. The molecule has 48 heavy (non-hydrogen) atoms. The van der Waals surface area contributed by atoms with Crippen LogP contribution in [0.3, 0.4) is 0 Å². The van der Waals surface area contributed by atoms with Crippen LogP contribution in [0.15, 0.2) is 46.2 Å². The third-order valence-corrected chi connectivity index (χ3v) is 8.64.